The molecule has 20 heavy (non-hydrogen) atoms. The molecule has 2 rings (SSSR count). The number of rotatable bonds is 4. The summed E-state index contributed by atoms with van der Waals surface area (Å²) in [4.78, 5) is 7.56. The van der Waals surface area contributed by atoms with Gasteiger partial charge in [0.15, 0.2) is 0 Å². The van der Waals surface area contributed by atoms with Crippen molar-refractivity contribution in [2.45, 2.75) is 51.2 Å². The van der Waals surface area contributed by atoms with E-state index >= 15 is 0 Å². The highest BCUT2D eigenvalue weighted by atomic mass is 15.3. The number of hydrogen-bond donors (Lipinski definition) is 1. The third kappa shape index (κ3) is 4.17. The van der Waals surface area contributed by atoms with Crippen molar-refractivity contribution in [1.82, 2.24) is 20.0 Å². The van der Waals surface area contributed by atoms with Crippen molar-refractivity contribution in [1.29, 1.82) is 0 Å². The fourth-order valence-electron chi connectivity index (χ4n) is 3.39. The zero-order valence-corrected chi connectivity index (χ0v) is 14.2. The van der Waals surface area contributed by atoms with Crippen molar-refractivity contribution in [3.8, 4) is 0 Å². The smallest absolute Gasteiger partial charge is 0.0278 e. The summed E-state index contributed by atoms with van der Waals surface area (Å²) in [7, 11) is 4.47. The summed E-state index contributed by atoms with van der Waals surface area (Å²) < 4.78 is 0. The van der Waals surface area contributed by atoms with E-state index in [0.717, 1.165) is 6.54 Å². The number of likely N-dealkylation sites (N-methyl/N-ethyl adjacent to an activating group) is 1. The Labute approximate surface area is 125 Å². The van der Waals surface area contributed by atoms with E-state index in [-0.39, 0.29) is 5.54 Å². The summed E-state index contributed by atoms with van der Waals surface area (Å²) in [6, 6.07) is 1.42. The number of nitrogens with one attached hydrogen (secondary N) is 1. The van der Waals surface area contributed by atoms with Crippen molar-refractivity contribution >= 4 is 0 Å². The maximum atomic E-state index is 3.84. The lowest BCUT2D eigenvalue weighted by molar-refractivity contribution is 0.0567. The van der Waals surface area contributed by atoms with Crippen LogP contribution < -0.4 is 5.32 Å². The summed E-state index contributed by atoms with van der Waals surface area (Å²) in [5.41, 5.74) is 0.272. The van der Waals surface area contributed by atoms with Gasteiger partial charge < -0.3 is 15.1 Å². The highest BCUT2D eigenvalue weighted by Crippen LogP contribution is 2.19. The van der Waals surface area contributed by atoms with Gasteiger partial charge in [-0.05, 0) is 54.3 Å². The molecule has 0 aromatic heterocycles. The largest absolute Gasteiger partial charge is 0.312 e. The monoisotopic (exact) mass is 282 g/mol. The van der Waals surface area contributed by atoms with Crippen LogP contribution in [0.15, 0.2) is 0 Å². The molecule has 0 spiro atoms. The molecule has 1 N–H and O–H groups in total. The van der Waals surface area contributed by atoms with Crippen LogP contribution in [0.3, 0.4) is 0 Å². The summed E-state index contributed by atoms with van der Waals surface area (Å²) in [6.45, 7) is 14.3. The van der Waals surface area contributed by atoms with Crippen LogP contribution in [0.25, 0.3) is 0 Å². The molecule has 2 atom stereocenters. The molecule has 2 heterocycles. The van der Waals surface area contributed by atoms with Crippen LogP contribution in [0.2, 0.25) is 0 Å². The Bertz CT molecular complexity index is 297. The third-order valence-electron chi connectivity index (χ3n) is 5.39. The Morgan fingerprint density at radius 3 is 2.30 bits per heavy atom. The average molecular weight is 282 g/mol. The highest BCUT2D eigenvalue weighted by Gasteiger charge is 2.30. The van der Waals surface area contributed by atoms with E-state index in [1.807, 2.05) is 0 Å². The molecule has 0 aliphatic carbocycles. The number of hydrogen-bond acceptors (Lipinski definition) is 4. The average Bonchev–Trinajstić information content (AvgIpc) is 2.41. The van der Waals surface area contributed by atoms with E-state index in [9.17, 15) is 0 Å². The molecule has 0 aromatic carbocycles. The summed E-state index contributed by atoms with van der Waals surface area (Å²) >= 11 is 0. The zero-order chi connectivity index (χ0) is 14.8. The van der Waals surface area contributed by atoms with Crippen LogP contribution in [0.4, 0.5) is 0 Å². The van der Waals surface area contributed by atoms with E-state index in [2.05, 4.69) is 54.9 Å². The number of likely N-dealkylation sites (tertiary alicyclic amines) is 1. The molecule has 118 valence electrons. The van der Waals surface area contributed by atoms with E-state index in [1.54, 1.807) is 0 Å². The van der Waals surface area contributed by atoms with Crippen molar-refractivity contribution in [3.63, 3.8) is 0 Å². The lowest BCUT2D eigenvalue weighted by atomic mass is 9.96. The maximum absolute atomic E-state index is 3.84. The van der Waals surface area contributed by atoms with E-state index in [4.69, 9.17) is 0 Å². The van der Waals surface area contributed by atoms with Gasteiger partial charge in [0.1, 0.15) is 0 Å². The minimum Gasteiger partial charge on any atom is -0.312 e. The van der Waals surface area contributed by atoms with E-state index < -0.39 is 0 Å². The van der Waals surface area contributed by atoms with Crippen molar-refractivity contribution < 1.29 is 0 Å². The molecule has 2 aliphatic rings. The van der Waals surface area contributed by atoms with Gasteiger partial charge in [-0.1, -0.05) is 0 Å². The molecule has 2 fully saturated rings. The van der Waals surface area contributed by atoms with Gasteiger partial charge in [0.2, 0.25) is 0 Å². The summed E-state index contributed by atoms with van der Waals surface area (Å²) in [5.74, 6) is 0. The lowest BCUT2D eigenvalue weighted by Gasteiger charge is -2.44. The van der Waals surface area contributed by atoms with Gasteiger partial charge in [-0.15, -0.1) is 0 Å². The standard InChI is InChI=1S/C16H34N4/c1-14-12-15(6-7-19(14)5)17-13-16(2,3)20-10-8-18(4)9-11-20/h14-15,17H,6-13H2,1-5H3. The maximum Gasteiger partial charge on any atom is 0.0278 e. The summed E-state index contributed by atoms with van der Waals surface area (Å²) in [5, 5.41) is 3.84. The summed E-state index contributed by atoms with van der Waals surface area (Å²) in [6.07, 6.45) is 2.58. The van der Waals surface area contributed by atoms with Crippen LogP contribution in [-0.2, 0) is 0 Å². The zero-order valence-electron chi connectivity index (χ0n) is 14.2. The molecule has 0 aromatic rings. The number of nitrogens with zero attached hydrogens (tertiary/aromatic N) is 3. The van der Waals surface area contributed by atoms with Gasteiger partial charge >= 0.3 is 0 Å². The van der Waals surface area contributed by atoms with Gasteiger partial charge in [0.05, 0.1) is 0 Å². The molecule has 2 unspecified atom stereocenters. The molecule has 0 amide bonds. The van der Waals surface area contributed by atoms with Crippen molar-refractivity contribution in [2.24, 2.45) is 0 Å². The molecule has 4 nitrogen and oxygen atoms in total. The van der Waals surface area contributed by atoms with Crippen LogP contribution >= 0.6 is 0 Å². The topological polar surface area (TPSA) is 21.8 Å². The molecule has 0 radical (unpaired) electrons. The first kappa shape index (κ1) is 16.2. The number of piperazine rings is 1. The lowest BCUT2D eigenvalue weighted by Crippen LogP contribution is -2.59. The minimum absolute atomic E-state index is 0.272. The van der Waals surface area contributed by atoms with Gasteiger partial charge in [-0.25, -0.2) is 0 Å². The fourth-order valence-corrected chi connectivity index (χ4v) is 3.39. The van der Waals surface area contributed by atoms with Gasteiger partial charge in [-0.3, -0.25) is 4.90 Å². The molecule has 4 heteroatoms. The Morgan fingerprint density at radius 1 is 1.05 bits per heavy atom. The predicted molar refractivity (Wildman–Crippen MR) is 86.3 cm³/mol. The molecule has 2 saturated heterocycles. The normalized spacial score (nSPS) is 31.6. The minimum atomic E-state index is 0.272. The van der Waals surface area contributed by atoms with Gasteiger partial charge in [0, 0.05) is 50.3 Å². The first-order valence-corrected chi connectivity index (χ1v) is 8.26. The number of piperidine rings is 1. The highest BCUT2D eigenvalue weighted by molar-refractivity contribution is 4.90. The Morgan fingerprint density at radius 2 is 1.70 bits per heavy atom. The molecule has 2 aliphatic heterocycles. The van der Waals surface area contributed by atoms with Crippen LogP contribution in [0, 0.1) is 0 Å². The van der Waals surface area contributed by atoms with Crippen molar-refractivity contribution in [3.05, 3.63) is 0 Å². The Hall–Kier alpha value is -0.160. The van der Waals surface area contributed by atoms with Gasteiger partial charge in [-0.2, -0.15) is 0 Å². The molecular formula is C16H34N4. The second-order valence-electron chi connectivity index (χ2n) is 7.53. The van der Waals surface area contributed by atoms with E-state index in [1.165, 1.54) is 45.6 Å². The second-order valence-corrected chi connectivity index (χ2v) is 7.53. The predicted octanol–water partition coefficient (Wildman–Crippen LogP) is 1.08. The molecular weight excluding hydrogens is 248 g/mol. The van der Waals surface area contributed by atoms with Crippen LogP contribution in [-0.4, -0.2) is 85.7 Å². The fraction of sp³-hybridized carbons (Fsp3) is 1.00. The van der Waals surface area contributed by atoms with Crippen molar-refractivity contribution in [2.75, 3.05) is 53.4 Å². The SMILES string of the molecule is CC1CC(NCC(C)(C)N2CCN(C)CC2)CCN1C. The molecule has 0 saturated carbocycles. The Kier molecular flexibility index (Phi) is 5.46. The quantitative estimate of drug-likeness (QED) is 0.833. The third-order valence-corrected chi connectivity index (χ3v) is 5.39. The molecule has 0 bridgehead atoms. The van der Waals surface area contributed by atoms with Crippen LogP contribution in [0.1, 0.15) is 33.6 Å². The van der Waals surface area contributed by atoms with Crippen LogP contribution in [0.5, 0.6) is 0 Å². The Balaban J connectivity index is 1.77. The van der Waals surface area contributed by atoms with Gasteiger partial charge in [0.25, 0.3) is 0 Å². The second kappa shape index (κ2) is 6.73. The van der Waals surface area contributed by atoms with E-state index in [0.29, 0.717) is 12.1 Å². The first-order chi connectivity index (χ1) is 9.38. The first-order valence-electron chi connectivity index (χ1n) is 8.26.